The molecular formula is C21H23NO5S. The van der Waals surface area contributed by atoms with Gasteiger partial charge in [0.15, 0.2) is 0 Å². The summed E-state index contributed by atoms with van der Waals surface area (Å²) in [6, 6.07) is 14.1. The number of ketones is 1. The number of aromatic hydroxyl groups is 1. The molecule has 0 saturated heterocycles. The predicted molar refractivity (Wildman–Crippen MR) is 108 cm³/mol. The molecule has 3 N–H and O–H groups in total. The van der Waals surface area contributed by atoms with Gasteiger partial charge >= 0.3 is 5.97 Å². The molecule has 7 heteroatoms. The van der Waals surface area contributed by atoms with E-state index in [4.69, 9.17) is 0 Å². The first kappa shape index (κ1) is 21.5. The van der Waals surface area contributed by atoms with Gasteiger partial charge in [-0.2, -0.15) is 12.6 Å². The van der Waals surface area contributed by atoms with Gasteiger partial charge in [0.25, 0.3) is 0 Å². The molecule has 2 aromatic rings. The lowest BCUT2D eigenvalue weighted by molar-refractivity contribution is -0.142. The summed E-state index contributed by atoms with van der Waals surface area (Å²) in [5.41, 5.74) is 1.51. The minimum absolute atomic E-state index is 0.0523. The second-order valence-corrected chi connectivity index (χ2v) is 7.18. The molecule has 3 atom stereocenters. The Kier molecular flexibility index (Phi) is 7.63. The van der Waals surface area contributed by atoms with Crippen LogP contribution in [0.25, 0.3) is 0 Å². The topological polar surface area (TPSA) is 104 Å². The smallest absolute Gasteiger partial charge is 0.326 e. The van der Waals surface area contributed by atoms with Gasteiger partial charge in [-0.15, -0.1) is 0 Å². The van der Waals surface area contributed by atoms with Gasteiger partial charge in [0, 0.05) is 6.42 Å². The molecule has 0 radical (unpaired) electrons. The summed E-state index contributed by atoms with van der Waals surface area (Å²) in [5, 5.41) is 20.5. The van der Waals surface area contributed by atoms with Crippen LogP contribution in [0.1, 0.15) is 18.1 Å². The molecule has 0 heterocycles. The highest BCUT2D eigenvalue weighted by Gasteiger charge is 2.32. The lowest BCUT2D eigenvalue weighted by Crippen LogP contribution is -2.48. The van der Waals surface area contributed by atoms with Crippen molar-refractivity contribution in [3.63, 3.8) is 0 Å². The molecule has 2 unspecified atom stereocenters. The number of carbonyl (C=O) groups is 3. The molecule has 1 amide bonds. The van der Waals surface area contributed by atoms with Crippen molar-refractivity contribution >= 4 is 30.3 Å². The number of rotatable bonds is 9. The van der Waals surface area contributed by atoms with E-state index in [1.807, 2.05) is 30.3 Å². The Balaban J connectivity index is 2.17. The average Bonchev–Trinajstić information content (AvgIpc) is 2.67. The highest BCUT2D eigenvalue weighted by Crippen LogP contribution is 2.19. The Morgan fingerprint density at radius 1 is 0.964 bits per heavy atom. The number of carboxylic acid groups (broad SMARTS) is 1. The Bertz CT molecular complexity index is 822. The van der Waals surface area contributed by atoms with E-state index in [1.54, 1.807) is 12.1 Å². The third-order valence-electron chi connectivity index (χ3n) is 4.42. The van der Waals surface area contributed by atoms with Crippen LogP contribution in [0.5, 0.6) is 5.75 Å². The summed E-state index contributed by atoms with van der Waals surface area (Å²) in [6.45, 7) is 1.36. The van der Waals surface area contributed by atoms with Crippen LogP contribution in [0.4, 0.5) is 0 Å². The number of thiol groups is 1. The van der Waals surface area contributed by atoms with Crippen molar-refractivity contribution in [3.8, 4) is 5.75 Å². The largest absolute Gasteiger partial charge is 0.508 e. The zero-order valence-corrected chi connectivity index (χ0v) is 16.3. The molecule has 0 aliphatic rings. The zero-order valence-electron chi connectivity index (χ0n) is 15.4. The van der Waals surface area contributed by atoms with Gasteiger partial charge in [0.2, 0.25) is 5.91 Å². The Labute approximate surface area is 169 Å². The minimum atomic E-state index is -1.18. The fraction of sp³-hybridized carbons (Fsp3) is 0.286. The molecule has 2 rings (SSSR count). The molecule has 148 valence electrons. The normalized spacial score (nSPS) is 13.9. The number of hydrogen-bond acceptors (Lipinski definition) is 5. The van der Waals surface area contributed by atoms with Crippen LogP contribution in [-0.2, 0) is 27.2 Å². The maximum atomic E-state index is 12.8. The number of Topliss-reactive ketones (excluding diaryl/α,β-unsaturated/α-hetero) is 1. The van der Waals surface area contributed by atoms with Crippen LogP contribution < -0.4 is 5.32 Å². The third kappa shape index (κ3) is 6.13. The van der Waals surface area contributed by atoms with Crippen molar-refractivity contribution in [3.05, 3.63) is 65.7 Å². The number of nitrogens with one attached hydrogen (secondary N) is 1. The van der Waals surface area contributed by atoms with Crippen molar-refractivity contribution in [2.24, 2.45) is 5.92 Å². The first-order valence-corrected chi connectivity index (χ1v) is 9.33. The molecule has 0 saturated carbocycles. The fourth-order valence-corrected chi connectivity index (χ4v) is 3.09. The minimum Gasteiger partial charge on any atom is -0.508 e. The molecule has 0 aliphatic carbocycles. The number of aliphatic carboxylic acids is 1. The summed E-state index contributed by atoms with van der Waals surface area (Å²) in [6.07, 6.45) is 0.322. The second-order valence-electron chi connectivity index (χ2n) is 6.62. The fourth-order valence-electron chi connectivity index (χ4n) is 2.85. The lowest BCUT2D eigenvalue weighted by Gasteiger charge is -2.23. The maximum absolute atomic E-state index is 12.8. The molecule has 6 nitrogen and oxygen atoms in total. The van der Waals surface area contributed by atoms with Crippen LogP contribution in [0.15, 0.2) is 54.6 Å². The van der Waals surface area contributed by atoms with E-state index in [2.05, 4.69) is 17.9 Å². The summed E-state index contributed by atoms with van der Waals surface area (Å²) in [7, 11) is 0. The quantitative estimate of drug-likeness (QED) is 0.483. The first-order valence-electron chi connectivity index (χ1n) is 8.81. The van der Waals surface area contributed by atoms with Crippen LogP contribution in [-0.4, -0.2) is 39.2 Å². The Hall–Kier alpha value is -2.80. The highest BCUT2D eigenvalue weighted by atomic mass is 32.1. The summed E-state index contributed by atoms with van der Waals surface area (Å²) >= 11 is 4.29. The van der Waals surface area contributed by atoms with Gasteiger partial charge in [0.1, 0.15) is 17.6 Å². The van der Waals surface area contributed by atoms with Crippen molar-refractivity contribution in [2.75, 3.05) is 0 Å². The lowest BCUT2D eigenvalue weighted by atomic mass is 9.92. The monoisotopic (exact) mass is 401 g/mol. The van der Waals surface area contributed by atoms with Crippen LogP contribution in [0.2, 0.25) is 0 Å². The van der Waals surface area contributed by atoms with Gasteiger partial charge in [-0.05, 0) is 36.6 Å². The van der Waals surface area contributed by atoms with Crippen molar-refractivity contribution in [1.82, 2.24) is 5.32 Å². The average molecular weight is 401 g/mol. The molecular weight excluding hydrogens is 378 g/mol. The number of phenolic OH excluding ortho intramolecular Hbond substituents is 1. The van der Waals surface area contributed by atoms with E-state index in [0.717, 1.165) is 5.56 Å². The van der Waals surface area contributed by atoms with Gasteiger partial charge in [-0.1, -0.05) is 42.5 Å². The van der Waals surface area contributed by atoms with E-state index < -0.39 is 29.1 Å². The van der Waals surface area contributed by atoms with E-state index in [1.165, 1.54) is 19.1 Å². The van der Waals surface area contributed by atoms with Crippen LogP contribution >= 0.6 is 12.6 Å². The van der Waals surface area contributed by atoms with E-state index in [0.29, 0.717) is 5.56 Å². The molecule has 0 bridgehead atoms. The molecule has 0 fully saturated rings. The van der Waals surface area contributed by atoms with Gasteiger partial charge in [-0.3, -0.25) is 9.59 Å². The molecule has 28 heavy (non-hydrogen) atoms. The number of carboxylic acids is 1. The van der Waals surface area contributed by atoms with Gasteiger partial charge < -0.3 is 15.5 Å². The van der Waals surface area contributed by atoms with E-state index in [9.17, 15) is 24.6 Å². The maximum Gasteiger partial charge on any atom is 0.326 e. The summed E-state index contributed by atoms with van der Waals surface area (Å²) in [5.74, 6) is -2.71. The summed E-state index contributed by atoms with van der Waals surface area (Å²) in [4.78, 5) is 36.3. The number of benzene rings is 2. The molecule has 0 aliphatic heterocycles. The Morgan fingerprint density at radius 2 is 1.54 bits per heavy atom. The number of phenols is 1. The zero-order chi connectivity index (χ0) is 20.7. The van der Waals surface area contributed by atoms with E-state index >= 15 is 0 Å². The number of carbonyl (C=O) groups excluding carboxylic acids is 2. The van der Waals surface area contributed by atoms with Crippen molar-refractivity contribution in [2.45, 2.75) is 31.1 Å². The SMILES string of the molecule is CC(=O)C(S)C(Cc1ccccc1)C(=O)N[C@@H](Cc1ccc(O)cc1)C(=O)O. The van der Waals surface area contributed by atoms with Crippen LogP contribution in [0.3, 0.4) is 0 Å². The second kappa shape index (κ2) is 9.94. The first-order chi connectivity index (χ1) is 13.3. The van der Waals surface area contributed by atoms with Crippen LogP contribution in [0, 0.1) is 5.92 Å². The van der Waals surface area contributed by atoms with Gasteiger partial charge in [-0.25, -0.2) is 4.79 Å². The van der Waals surface area contributed by atoms with Crippen molar-refractivity contribution in [1.29, 1.82) is 0 Å². The standard InChI is InChI=1S/C21H23NO5S/c1-13(23)19(28)17(11-14-5-3-2-4-6-14)20(25)22-18(21(26)27)12-15-7-9-16(24)10-8-15/h2-10,17-19,24,28H,11-12H2,1H3,(H,22,25)(H,26,27)/t17?,18-,19?/m0/s1. The molecule has 0 aromatic heterocycles. The number of amides is 1. The summed E-state index contributed by atoms with van der Waals surface area (Å²) < 4.78 is 0. The Morgan fingerprint density at radius 3 is 2.07 bits per heavy atom. The van der Waals surface area contributed by atoms with Gasteiger partial charge in [0.05, 0.1) is 11.2 Å². The van der Waals surface area contributed by atoms with E-state index in [-0.39, 0.29) is 24.4 Å². The molecule has 2 aromatic carbocycles. The number of hydrogen-bond donors (Lipinski definition) is 4. The molecule has 0 spiro atoms. The van der Waals surface area contributed by atoms with Crippen molar-refractivity contribution < 1.29 is 24.6 Å². The predicted octanol–water partition coefficient (Wildman–Crippen LogP) is 2.25. The third-order valence-corrected chi connectivity index (χ3v) is 5.15. The highest BCUT2D eigenvalue weighted by molar-refractivity contribution is 7.81.